The van der Waals surface area contributed by atoms with Crippen molar-refractivity contribution in [2.75, 3.05) is 0 Å². The van der Waals surface area contributed by atoms with Crippen molar-refractivity contribution in [1.29, 1.82) is 0 Å². The Labute approximate surface area is 112 Å². The van der Waals surface area contributed by atoms with E-state index in [1.54, 1.807) is 0 Å². The Morgan fingerprint density at radius 3 is 2.53 bits per heavy atom. The van der Waals surface area contributed by atoms with E-state index in [9.17, 15) is 0 Å². The summed E-state index contributed by atoms with van der Waals surface area (Å²) in [6, 6.07) is 15.3. The molecule has 3 aromatic rings. The quantitative estimate of drug-likeness (QED) is 0.723. The van der Waals surface area contributed by atoms with Crippen LogP contribution in [0, 0.1) is 0 Å². The molecule has 0 atom stereocenters. The zero-order valence-electron chi connectivity index (χ0n) is 11.3. The Bertz CT molecular complexity index is 728. The highest BCUT2D eigenvalue weighted by Crippen LogP contribution is 2.32. The fourth-order valence-electron chi connectivity index (χ4n) is 2.79. The van der Waals surface area contributed by atoms with Gasteiger partial charge in [-0.3, -0.25) is 4.84 Å². The lowest BCUT2D eigenvalue weighted by atomic mass is 10.1. The van der Waals surface area contributed by atoms with Crippen LogP contribution in [0.1, 0.15) is 25.5 Å². The SMILES string of the molecule is CC(C)n1c2ccccc2c2cc(CON)ccc21. The molecular weight excluding hydrogens is 236 g/mol. The van der Waals surface area contributed by atoms with E-state index in [0.717, 1.165) is 5.56 Å². The second kappa shape index (κ2) is 4.68. The van der Waals surface area contributed by atoms with E-state index < -0.39 is 0 Å². The summed E-state index contributed by atoms with van der Waals surface area (Å²) in [5.41, 5.74) is 3.64. The molecule has 0 saturated carbocycles. The molecule has 2 N–H and O–H groups in total. The number of hydrogen-bond acceptors (Lipinski definition) is 2. The summed E-state index contributed by atoms with van der Waals surface area (Å²) in [6.45, 7) is 4.86. The summed E-state index contributed by atoms with van der Waals surface area (Å²) in [4.78, 5) is 4.74. The first-order valence-corrected chi connectivity index (χ1v) is 6.55. The Morgan fingerprint density at radius 1 is 1.05 bits per heavy atom. The third-order valence-electron chi connectivity index (χ3n) is 3.54. The van der Waals surface area contributed by atoms with Gasteiger partial charge in [0, 0.05) is 27.8 Å². The van der Waals surface area contributed by atoms with Crippen molar-refractivity contribution in [3.05, 3.63) is 48.0 Å². The van der Waals surface area contributed by atoms with Gasteiger partial charge in [-0.05, 0) is 37.6 Å². The lowest BCUT2D eigenvalue weighted by Crippen LogP contribution is -2.00. The first-order chi connectivity index (χ1) is 9.22. The van der Waals surface area contributed by atoms with E-state index in [1.807, 2.05) is 0 Å². The third-order valence-corrected chi connectivity index (χ3v) is 3.54. The topological polar surface area (TPSA) is 40.2 Å². The van der Waals surface area contributed by atoms with Crippen molar-refractivity contribution < 1.29 is 4.84 Å². The van der Waals surface area contributed by atoms with Gasteiger partial charge < -0.3 is 4.57 Å². The van der Waals surface area contributed by atoms with Crippen LogP contribution >= 0.6 is 0 Å². The molecule has 3 rings (SSSR count). The normalized spacial score (nSPS) is 11.8. The molecule has 0 spiro atoms. The zero-order valence-corrected chi connectivity index (χ0v) is 11.3. The maximum Gasteiger partial charge on any atom is 0.0930 e. The number of para-hydroxylation sites is 1. The molecule has 2 aromatic carbocycles. The van der Waals surface area contributed by atoms with Crippen molar-refractivity contribution in [3.63, 3.8) is 0 Å². The number of nitrogens with zero attached hydrogens (tertiary/aromatic N) is 1. The minimum Gasteiger partial charge on any atom is -0.338 e. The van der Waals surface area contributed by atoms with Gasteiger partial charge in [-0.25, -0.2) is 5.90 Å². The van der Waals surface area contributed by atoms with Crippen molar-refractivity contribution in [2.45, 2.75) is 26.5 Å². The molecular formula is C16H18N2O. The Balaban J connectivity index is 2.38. The minimum absolute atomic E-state index is 0.430. The summed E-state index contributed by atoms with van der Waals surface area (Å²) >= 11 is 0. The fraction of sp³-hybridized carbons (Fsp3) is 0.250. The summed E-state index contributed by atoms with van der Waals surface area (Å²) in [7, 11) is 0. The van der Waals surface area contributed by atoms with Crippen LogP contribution in [-0.4, -0.2) is 4.57 Å². The van der Waals surface area contributed by atoms with Crippen molar-refractivity contribution in [3.8, 4) is 0 Å². The van der Waals surface area contributed by atoms with Crippen molar-refractivity contribution >= 4 is 21.8 Å². The molecule has 0 aliphatic rings. The highest BCUT2D eigenvalue weighted by Gasteiger charge is 2.12. The maximum absolute atomic E-state index is 5.17. The Hall–Kier alpha value is -1.84. The van der Waals surface area contributed by atoms with E-state index in [1.165, 1.54) is 21.8 Å². The van der Waals surface area contributed by atoms with Crippen LogP contribution in [-0.2, 0) is 11.4 Å². The molecule has 0 amide bonds. The molecule has 98 valence electrons. The largest absolute Gasteiger partial charge is 0.338 e. The van der Waals surface area contributed by atoms with Crippen molar-refractivity contribution in [1.82, 2.24) is 4.57 Å². The van der Waals surface area contributed by atoms with Gasteiger partial charge in [0.1, 0.15) is 0 Å². The highest BCUT2D eigenvalue weighted by molar-refractivity contribution is 6.08. The summed E-state index contributed by atoms with van der Waals surface area (Å²) < 4.78 is 2.37. The van der Waals surface area contributed by atoms with Crippen LogP contribution in [0.2, 0.25) is 0 Å². The van der Waals surface area contributed by atoms with Gasteiger partial charge in [0.05, 0.1) is 6.61 Å². The zero-order chi connectivity index (χ0) is 13.4. The van der Waals surface area contributed by atoms with E-state index in [2.05, 4.69) is 60.9 Å². The predicted octanol–water partition coefficient (Wildman–Crippen LogP) is 3.77. The summed E-state index contributed by atoms with van der Waals surface area (Å²) in [5.74, 6) is 5.17. The van der Waals surface area contributed by atoms with Gasteiger partial charge in [0.25, 0.3) is 0 Å². The van der Waals surface area contributed by atoms with Crippen LogP contribution in [0.4, 0.5) is 0 Å². The molecule has 3 nitrogen and oxygen atoms in total. The van der Waals surface area contributed by atoms with Crippen molar-refractivity contribution in [2.24, 2.45) is 5.90 Å². The first kappa shape index (κ1) is 12.2. The molecule has 0 unspecified atom stereocenters. The van der Waals surface area contributed by atoms with Gasteiger partial charge in [-0.1, -0.05) is 24.3 Å². The average Bonchev–Trinajstić information content (AvgIpc) is 2.73. The average molecular weight is 254 g/mol. The van der Waals surface area contributed by atoms with Crippen LogP contribution in [0.25, 0.3) is 21.8 Å². The molecule has 1 aromatic heterocycles. The highest BCUT2D eigenvalue weighted by atomic mass is 16.6. The van der Waals surface area contributed by atoms with Crippen LogP contribution < -0.4 is 5.90 Å². The molecule has 0 saturated heterocycles. The monoisotopic (exact) mass is 254 g/mol. The Kier molecular flexibility index (Phi) is 3.01. The van der Waals surface area contributed by atoms with E-state index in [4.69, 9.17) is 10.7 Å². The molecule has 3 heteroatoms. The lowest BCUT2D eigenvalue weighted by Gasteiger charge is -2.11. The van der Waals surface area contributed by atoms with Gasteiger partial charge >= 0.3 is 0 Å². The molecule has 0 bridgehead atoms. The second-order valence-corrected chi connectivity index (χ2v) is 5.14. The molecule has 0 fully saturated rings. The lowest BCUT2D eigenvalue weighted by molar-refractivity contribution is 0.124. The number of aromatic nitrogens is 1. The number of benzene rings is 2. The Morgan fingerprint density at radius 2 is 1.79 bits per heavy atom. The molecule has 1 heterocycles. The van der Waals surface area contributed by atoms with Gasteiger partial charge in [0.15, 0.2) is 0 Å². The third kappa shape index (κ3) is 1.91. The maximum atomic E-state index is 5.17. The molecule has 0 radical (unpaired) electrons. The van der Waals surface area contributed by atoms with E-state index >= 15 is 0 Å². The first-order valence-electron chi connectivity index (χ1n) is 6.55. The minimum atomic E-state index is 0.430. The summed E-state index contributed by atoms with van der Waals surface area (Å²) in [6.07, 6.45) is 0. The number of rotatable bonds is 3. The van der Waals surface area contributed by atoms with Gasteiger partial charge in [-0.15, -0.1) is 0 Å². The summed E-state index contributed by atoms with van der Waals surface area (Å²) in [5, 5.41) is 2.55. The fourth-order valence-corrected chi connectivity index (χ4v) is 2.79. The van der Waals surface area contributed by atoms with E-state index in [-0.39, 0.29) is 0 Å². The molecule has 19 heavy (non-hydrogen) atoms. The smallest absolute Gasteiger partial charge is 0.0930 e. The van der Waals surface area contributed by atoms with Gasteiger partial charge in [0.2, 0.25) is 0 Å². The number of nitrogens with two attached hydrogens (primary N) is 1. The molecule has 0 aliphatic carbocycles. The second-order valence-electron chi connectivity index (χ2n) is 5.14. The number of hydrogen-bond donors (Lipinski definition) is 1. The number of fused-ring (bicyclic) bond motifs is 3. The van der Waals surface area contributed by atoms with Crippen LogP contribution in [0.3, 0.4) is 0 Å². The van der Waals surface area contributed by atoms with E-state index in [0.29, 0.717) is 12.6 Å². The van der Waals surface area contributed by atoms with Crippen LogP contribution in [0.5, 0.6) is 0 Å². The van der Waals surface area contributed by atoms with Crippen LogP contribution in [0.15, 0.2) is 42.5 Å². The van der Waals surface area contributed by atoms with Gasteiger partial charge in [-0.2, -0.15) is 0 Å². The molecule has 0 aliphatic heterocycles. The predicted molar refractivity (Wildman–Crippen MR) is 78.8 cm³/mol. The standard InChI is InChI=1S/C16H18N2O/c1-11(2)18-15-6-4-3-5-13(15)14-9-12(10-19-17)7-8-16(14)18/h3-9,11H,10,17H2,1-2H3.